The molecule has 0 bridgehead atoms. The van der Waals surface area contributed by atoms with Gasteiger partial charge < -0.3 is 19.4 Å². The molecule has 3 rings (SSSR count). The van der Waals surface area contributed by atoms with Crippen LogP contribution >= 0.6 is 0 Å². The number of likely N-dealkylation sites (tertiary alicyclic amines) is 1. The maximum Gasteiger partial charge on any atom is 0.410 e. The molecule has 2 fully saturated rings. The smallest absolute Gasteiger partial charge is 0.410 e. The number of hydrogen-bond acceptors (Lipinski definition) is 4. The standard InChI is InChI=1S/C26H41N3O3/c1-26(2,3)32-25(31)29-15-13-22(14-16-29)8-6-5-7-21-9-11-23(12-10-21)24(30)28-19-17-27(4)18-20-28/h9-12,22H,5-8,13-20H2,1-4H3. The van der Waals surface area contributed by atoms with E-state index in [1.54, 1.807) is 0 Å². The predicted molar refractivity (Wildman–Crippen MR) is 128 cm³/mol. The van der Waals surface area contributed by atoms with Crippen molar-refractivity contribution in [2.75, 3.05) is 46.3 Å². The summed E-state index contributed by atoms with van der Waals surface area (Å²) in [7, 11) is 2.10. The minimum Gasteiger partial charge on any atom is -0.444 e. The molecule has 0 saturated carbocycles. The molecule has 6 nitrogen and oxygen atoms in total. The molecule has 32 heavy (non-hydrogen) atoms. The summed E-state index contributed by atoms with van der Waals surface area (Å²) in [5.74, 6) is 0.861. The molecule has 2 heterocycles. The van der Waals surface area contributed by atoms with Gasteiger partial charge in [0.05, 0.1) is 0 Å². The number of piperidine rings is 1. The molecular weight excluding hydrogens is 402 g/mol. The fraction of sp³-hybridized carbons (Fsp3) is 0.692. The second kappa shape index (κ2) is 11.2. The fourth-order valence-electron chi connectivity index (χ4n) is 4.50. The molecule has 0 N–H and O–H groups in total. The van der Waals surface area contributed by atoms with E-state index < -0.39 is 5.60 Å². The summed E-state index contributed by atoms with van der Waals surface area (Å²) in [6, 6.07) is 8.20. The summed E-state index contributed by atoms with van der Waals surface area (Å²) < 4.78 is 5.48. The number of amides is 2. The van der Waals surface area contributed by atoms with E-state index in [1.807, 2.05) is 42.7 Å². The number of nitrogens with zero attached hydrogens (tertiary/aromatic N) is 3. The second-order valence-electron chi connectivity index (χ2n) is 10.4. The topological polar surface area (TPSA) is 53.1 Å². The molecule has 2 saturated heterocycles. The molecule has 0 radical (unpaired) electrons. The number of likely N-dealkylation sites (N-methyl/N-ethyl adjacent to an activating group) is 1. The Morgan fingerprint density at radius 1 is 0.906 bits per heavy atom. The van der Waals surface area contributed by atoms with Crippen molar-refractivity contribution in [2.45, 2.75) is 64.9 Å². The van der Waals surface area contributed by atoms with Crippen LogP contribution in [-0.4, -0.2) is 78.6 Å². The Labute approximate surface area is 193 Å². The lowest BCUT2D eigenvalue weighted by Crippen LogP contribution is -2.47. The Morgan fingerprint density at radius 3 is 2.12 bits per heavy atom. The van der Waals surface area contributed by atoms with Crippen LogP contribution in [0.1, 0.15) is 68.8 Å². The van der Waals surface area contributed by atoms with Gasteiger partial charge in [-0.1, -0.05) is 25.0 Å². The minimum absolute atomic E-state index is 0.155. The van der Waals surface area contributed by atoms with Crippen LogP contribution in [0, 0.1) is 5.92 Å². The molecule has 2 amide bonds. The molecule has 0 aromatic heterocycles. The quantitative estimate of drug-likeness (QED) is 0.610. The zero-order chi connectivity index (χ0) is 23.1. The first-order valence-electron chi connectivity index (χ1n) is 12.3. The lowest BCUT2D eigenvalue weighted by molar-refractivity contribution is 0.0180. The average Bonchev–Trinajstić information content (AvgIpc) is 2.76. The molecule has 0 aliphatic carbocycles. The summed E-state index contributed by atoms with van der Waals surface area (Å²) >= 11 is 0. The third-order valence-corrected chi connectivity index (χ3v) is 6.59. The van der Waals surface area contributed by atoms with Crippen LogP contribution in [0.25, 0.3) is 0 Å². The van der Waals surface area contributed by atoms with E-state index in [0.29, 0.717) is 5.92 Å². The summed E-state index contributed by atoms with van der Waals surface area (Å²) in [4.78, 5) is 30.9. The van der Waals surface area contributed by atoms with Gasteiger partial charge in [0.25, 0.3) is 5.91 Å². The highest BCUT2D eigenvalue weighted by molar-refractivity contribution is 5.94. The average molecular weight is 444 g/mol. The van der Waals surface area contributed by atoms with Crippen molar-refractivity contribution < 1.29 is 14.3 Å². The highest BCUT2D eigenvalue weighted by atomic mass is 16.6. The molecule has 0 atom stereocenters. The SMILES string of the molecule is CN1CCN(C(=O)c2ccc(CCCCC3CCN(C(=O)OC(C)(C)C)CC3)cc2)CC1. The van der Waals surface area contributed by atoms with Gasteiger partial charge in [-0.25, -0.2) is 4.79 Å². The number of unbranched alkanes of at least 4 members (excludes halogenated alkanes) is 1. The number of piperazine rings is 1. The maximum atomic E-state index is 12.7. The van der Waals surface area contributed by atoms with E-state index in [9.17, 15) is 9.59 Å². The molecule has 6 heteroatoms. The van der Waals surface area contributed by atoms with Crippen LogP contribution in [0.3, 0.4) is 0 Å². The summed E-state index contributed by atoms with van der Waals surface area (Å²) in [5.41, 5.74) is 1.68. The van der Waals surface area contributed by atoms with E-state index in [-0.39, 0.29) is 12.0 Å². The highest BCUT2D eigenvalue weighted by Gasteiger charge is 2.26. The zero-order valence-electron chi connectivity index (χ0n) is 20.4. The molecule has 0 unspecified atom stereocenters. The Bertz CT molecular complexity index is 741. The van der Waals surface area contributed by atoms with Crippen LogP contribution in [0.2, 0.25) is 0 Å². The van der Waals surface area contributed by atoms with Crippen molar-refractivity contribution in [1.29, 1.82) is 0 Å². The molecule has 1 aromatic rings. The fourth-order valence-corrected chi connectivity index (χ4v) is 4.50. The number of benzene rings is 1. The summed E-state index contributed by atoms with van der Waals surface area (Å²) in [6.45, 7) is 10.9. The molecule has 1 aromatic carbocycles. The van der Waals surface area contributed by atoms with Crippen LogP contribution < -0.4 is 0 Å². The number of carbonyl (C=O) groups is 2. The summed E-state index contributed by atoms with van der Waals surface area (Å²) in [6.07, 6.45) is 6.62. The van der Waals surface area contributed by atoms with Crippen molar-refractivity contribution in [3.8, 4) is 0 Å². The van der Waals surface area contributed by atoms with E-state index in [1.165, 1.54) is 18.4 Å². The molecule has 2 aliphatic rings. The van der Waals surface area contributed by atoms with Crippen LogP contribution in [0.5, 0.6) is 0 Å². The number of carbonyl (C=O) groups excluding carboxylic acids is 2. The Balaban J connectivity index is 1.32. The van der Waals surface area contributed by atoms with Crippen molar-refractivity contribution in [3.63, 3.8) is 0 Å². The van der Waals surface area contributed by atoms with Gasteiger partial charge >= 0.3 is 6.09 Å². The minimum atomic E-state index is -0.427. The number of aryl methyl sites for hydroxylation is 1. The molecular formula is C26H41N3O3. The third-order valence-electron chi connectivity index (χ3n) is 6.59. The van der Waals surface area contributed by atoms with Crippen molar-refractivity contribution >= 4 is 12.0 Å². The van der Waals surface area contributed by atoms with Crippen LogP contribution in [0.4, 0.5) is 4.79 Å². The number of rotatable bonds is 6. The first-order valence-corrected chi connectivity index (χ1v) is 12.3. The van der Waals surface area contributed by atoms with Crippen LogP contribution in [0.15, 0.2) is 24.3 Å². The van der Waals surface area contributed by atoms with E-state index in [4.69, 9.17) is 4.74 Å². The summed E-state index contributed by atoms with van der Waals surface area (Å²) in [5, 5.41) is 0. The van der Waals surface area contributed by atoms with Gasteiger partial charge in [0.1, 0.15) is 5.60 Å². The molecule has 2 aliphatic heterocycles. The van der Waals surface area contributed by atoms with Gasteiger partial charge in [0.2, 0.25) is 0 Å². The van der Waals surface area contributed by atoms with Gasteiger partial charge in [-0.15, -0.1) is 0 Å². The highest BCUT2D eigenvalue weighted by Crippen LogP contribution is 2.24. The van der Waals surface area contributed by atoms with E-state index in [0.717, 1.165) is 70.5 Å². The predicted octanol–water partition coefficient (Wildman–Crippen LogP) is 4.43. The molecule has 0 spiro atoms. The number of hydrogen-bond donors (Lipinski definition) is 0. The van der Waals surface area contributed by atoms with Crippen molar-refractivity contribution in [3.05, 3.63) is 35.4 Å². The van der Waals surface area contributed by atoms with Gasteiger partial charge in [-0.2, -0.15) is 0 Å². The molecule has 178 valence electrons. The second-order valence-corrected chi connectivity index (χ2v) is 10.4. The van der Waals surface area contributed by atoms with Crippen molar-refractivity contribution in [1.82, 2.24) is 14.7 Å². The zero-order valence-corrected chi connectivity index (χ0v) is 20.4. The van der Waals surface area contributed by atoms with Gasteiger partial charge in [-0.05, 0) is 77.1 Å². The van der Waals surface area contributed by atoms with Gasteiger partial charge in [0.15, 0.2) is 0 Å². The van der Waals surface area contributed by atoms with E-state index in [2.05, 4.69) is 24.1 Å². The van der Waals surface area contributed by atoms with Gasteiger partial charge in [0, 0.05) is 44.8 Å². The Kier molecular flexibility index (Phi) is 8.57. The monoisotopic (exact) mass is 443 g/mol. The maximum absolute atomic E-state index is 12.7. The lowest BCUT2D eigenvalue weighted by Gasteiger charge is -2.33. The van der Waals surface area contributed by atoms with Gasteiger partial charge in [-0.3, -0.25) is 4.79 Å². The first-order chi connectivity index (χ1) is 15.2. The normalized spacial score (nSPS) is 18.6. The lowest BCUT2D eigenvalue weighted by atomic mass is 9.91. The first kappa shape index (κ1) is 24.6. The van der Waals surface area contributed by atoms with Crippen LogP contribution in [-0.2, 0) is 11.2 Å². The van der Waals surface area contributed by atoms with E-state index >= 15 is 0 Å². The van der Waals surface area contributed by atoms with Crippen molar-refractivity contribution in [2.24, 2.45) is 5.92 Å². The number of ether oxygens (including phenoxy) is 1. The Hall–Kier alpha value is -2.08. The third kappa shape index (κ3) is 7.51. The Morgan fingerprint density at radius 2 is 1.53 bits per heavy atom. The largest absolute Gasteiger partial charge is 0.444 e.